The number of aromatic nitrogens is 1. The molecule has 0 unspecified atom stereocenters. The third-order valence-corrected chi connectivity index (χ3v) is 6.49. The zero-order chi connectivity index (χ0) is 21.4. The summed E-state index contributed by atoms with van der Waals surface area (Å²) in [7, 11) is 0. The van der Waals surface area contributed by atoms with Crippen LogP contribution in [0.5, 0.6) is 0 Å². The van der Waals surface area contributed by atoms with Crippen LogP contribution in [0.2, 0.25) is 0 Å². The molecule has 4 nitrogen and oxygen atoms in total. The Kier molecular flexibility index (Phi) is 6.07. The first-order valence-electron chi connectivity index (χ1n) is 9.08. The topological polar surface area (TPSA) is 50.3 Å². The first kappa shape index (κ1) is 21.8. The molecule has 1 atom stereocenters. The van der Waals surface area contributed by atoms with Crippen molar-refractivity contribution in [1.29, 1.82) is 0 Å². The van der Waals surface area contributed by atoms with Gasteiger partial charge in [0.15, 0.2) is 6.29 Å². The Morgan fingerprint density at radius 2 is 1.79 bits per heavy atom. The lowest BCUT2D eigenvalue weighted by Crippen LogP contribution is -2.42. The number of likely N-dealkylation sites (tertiary alicyclic amines) is 1. The van der Waals surface area contributed by atoms with E-state index in [0.29, 0.717) is 11.3 Å². The minimum absolute atomic E-state index is 0.0496. The molecule has 0 radical (unpaired) electrons. The lowest BCUT2D eigenvalue weighted by Gasteiger charge is -2.32. The smallest absolute Gasteiger partial charge is 0.337 e. The lowest BCUT2D eigenvalue weighted by atomic mass is 9.90. The average Bonchev–Trinajstić information content (AvgIpc) is 3.10. The Morgan fingerprint density at radius 3 is 2.28 bits per heavy atom. The van der Waals surface area contributed by atoms with E-state index in [2.05, 4.69) is 4.98 Å². The number of carbonyl (C=O) groups excluding carboxylic acids is 2. The summed E-state index contributed by atoms with van der Waals surface area (Å²) in [6.45, 7) is -0.176. The normalized spacial score (nSPS) is 21.8. The van der Waals surface area contributed by atoms with Gasteiger partial charge >= 0.3 is 12.4 Å². The van der Waals surface area contributed by atoms with Gasteiger partial charge in [0.1, 0.15) is 5.69 Å². The number of allylic oxidation sites excluding steroid dienone is 2. The Hall–Kier alpha value is -1.91. The van der Waals surface area contributed by atoms with Gasteiger partial charge in [-0.2, -0.15) is 26.3 Å². The number of thiazole rings is 1. The molecule has 0 aromatic carbocycles. The van der Waals surface area contributed by atoms with E-state index in [1.807, 2.05) is 0 Å². The number of amides is 1. The quantitative estimate of drug-likeness (QED) is 0.372. The second kappa shape index (κ2) is 8.08. The van der Waals surface area contributed by atoms with Gasteiger partial charge < -0.3 is 4.90 Å². The van der Waals surface area contributed by atoms with Crippen molar-refractivity contribution >= 4 is 23.5 Å². The van der Waals surface area contributed by atoms with E-state index in [0.717, 1.165) is 17.4 Å². The molecule has 1 aliphatic heterocycles. The zero-order valence-corrected chi connectivity index (χ0v) is 16.0. The molecule has 1 aliphatic carbocycles. The van der Waals surface area contributed by atoms with Crippen LogP contribution >= 0.6 is 11.3 Å². The summed E-state index contributed by atoms with van der Waals surface area (Å²) in [5.41, 5.74) is -0.721. The molecular formula is C18H18F6N2O2S. The third kappa shape index (κ3) is 4.81. The van der Waals surface area contributed by atoms with Crippen LogP contribution in [0.15, 0.2) is 11.6 Å². The van der Waals surface area contributed by atoms with Crippen LogP contribution in [0.4, 0.5) is 26.3 Å². The molecule has 0 N–H and O–H groups in total. The Labute approximate surface area is 166 Å². The molecule has 2 aliphatic rings. The first-order valence-corrected chi connectivity index (χ1v) is 9.90. The van der Waals surface area contributed by atoms with Crippen LogP contribution < -0.4 is 0 Å². The van der Waals surface area contributed by atoms with Gasteiger partial charge in [0.05, 0.1) is 15.8 Å². The van der Waals surface area contributed by atoms with Crippen molar-refractivity contribution in [2.75, 3.05) is 13.1 Å². The molecule has 1 amide bonds. The fourth-order valence-electron chi connectivity index (χ4n) is 3.63. The van der Waals surface area contributed by atoms with Crippen LogP contribution in [0, 0.1) is 5.92 Å². The Bertz CT molecular complexity index is 806. The maximum atomic E-state index is 12.8. The number of piperidine rings is 1. The standard InChI is InChI=1S/C18H18F6N2O2S/c19-17(20,21)11-3-1-10(2-4-11)15-25-14(13(9-27)29-15)16(28)26-7-5-12(6-8-26)18(22,23)24/h3,9-10,12H,1-2,4-8H2/t10-/m0/s1. The molecule has 1 aromatic heterocycles. The molecule has 0 spiro atoms. The van der Waals surface area contributed by atoms with Crippen molar-refractivity contribution in [3.63, 3.8) is 0 Å². The highest BCUT2D eigenvalue weighted by atomic mass is 32.1. The number of hydrogen-bond donors (Lipinski definition) is 0. The second-order valence-electron chi connectivity index (χ2n) is 7.19. The lowest BCUT2D eigenvalue weighted by molar-refractivity contribution is -0.183. The predicted octanol–water partition coefficient (Wildman–Crippen LogP) is 5.13. The molecule has 2 heterocycles. The monoisotopic (exact) mass is 440 g/mol. The molecule has 160 valence electrons. The average molecular weight is 440 g/mol. The summed E-state index contributed by atoms with van der Waals surface area (Å²) >= 11 is 0.955. The second-order valence-corrected chi connectivity index (χ2v) is 8.25. The number of carbonyl (C=O) groups is 2. The largest absolute Gasteiger partial charge is 0.412 e. The summed E-state index contributed by atoms with van der Waals surface area (Å²) in [5, 5.41) is 0.401. The molecule has 0 saturated carbocycles. The maximum absolute atomic E-state index is 12.8. The van der Waals surface area contributed by atoms with Crippen LogP contribution in [0.25, 0.3) is 0 Å². The van der Waals surface area contributed by atoms with E-state index >= 15 is 0 Å². The van der Waals surface area contributed by atoms with Gasteiger partial charge in [-0.1, -0.05) is 6.08 Å². The summed E-state index contributed by atoms with van der Waals surface area (Å²) in [4.78, 5) is 29.5. The summed E-state index contributed by atoms with van der Waals surface area (Å²) in [6.07, 6.45) is -7.40. The van der Waals surface area contributed by atoms with Crippen molar-refractivity contribution in [2.45, 2.75) is 50.4 Å². The van der Waals surface area contributed by atoms with Crippen molar-refractivity contribution in [1.82, 2.24) is 9.88 Å². The highest BCUT2D eigenvalue weighted by Crippen LogP contribution is 2.40. The van der Waals surface area contributed by atoms with Gasteiger partial charge in [0.25, 0.3) is 5.91 Å². The van der Waals surface area contributed by atoms with Gasteiger partial charge in [-0.05, 0) is 32.1 Å². The maximum Gasteiger partial charge on any atom is 0.412 e. The highest BCUT2D eigenvalue weighted by molar-refractivity contribution is 7.13. The van der Waals surface area contributed by atoms with Crippen LogP contribution in [-0.2, 0) is 0 Å². The first-order chi connectivity index (χ1) is 13.5. The number of rotatable bonds is 3. The van der Waals surface area contributed by atoms with Gasteiger partial charge in [0.2, 0.25) is 0 Å². The van der Waals surface area contributed by atoms with Gasteiger partial charge in [0, 0.05) is 24.6 Å². The van der Waals surface area contributed by atoms with E-state index in [4.69, 9.17) is 0 Å². The number of halogens is 6. The van der Waals surface area contributed by atoms with Crippen LogP contribution in [-0.4, -0.2) is 47.5 Å². The molecule has 3 rings (SSSR count). The van der Waals surface area contributed by atoms with E-state index < -0.39 is 29.8 Å². The van der Waals surface area contributed by atoms with Crippen molar-refractivity contribution in [3.8, 4) is 0 Å². The SMILES string of the molecule is O=Cc1sc([C@H]2CC=C(C(F)(F)F)CC2)nc1C(=O)N1CCC(C(F)(F)F)CC1. The van der Waals surface area contributed by atoms with Gasteiger partial charge in [-0.3, -0.25) is 9.59 Å². The molecule has 0 bridgehead atoms. The predicted molar refractivity (Wildman–Crippen MR) is 92.9 cm³/mol. The number of alkyl halides is 6. The number of aldehydes is 1. The number of nitrogens with zero attached hydrogens (tertiary/aromatic N) is 2. The third-order valence-electron chi connectivity index (χ3n) is 5.35. The Balaban J connectivity index is 1.72. The summed E-state index contributed by atoms with van der Waals surface area (Å²) < 4.78 is 76.6. The highest BCUT2D eigenvalue weighted by Gasteiger charge is 2.42. The van der Waals surface area contributed by atoms with Gasteiger partial charge in [-0.15, -0.1) is 11.3 Å². The molecule has 29 heavy (non-hydrogen) atoms. The molecule has 1 aromatic rings. The molecule has 1 fully saturated rings. The minimum Gasteiger partial charge on any atom is -0.337 e. The van der Waals surface area contributed by atoms with E-state index in [1.165, 1.54) is 4.90 Å². The van der Waals surface area contributed by atoms with Crippen molar-refractivity contribution in [3.05, 3.63) is 27.2 Å². The summed E-state index contributed by atoms with van der Waals surface area (Å²) in [6, 6.07) is 0. The number of hydrogen-bond acceptors (Lipinski definition) is 4. The minimum atomic E-state index is -4.37. The van der Waals surface area contributed by atoms with Crippen molar-refractivity contribution in [2.24, 2.45) is 5.92 Å². The zero-order valence-electron chi connectivity index (χ0n) is 15.1. The Morgan fingerprint density at radius 1 is 1.14 bits per heavy atom. The molecular weight excluding hydrogens is 422 g/mol. The van der Waals surface area contributed by atoms with Crippen molar-refractivity contribution < 1.29 is 35.9 Å². The summed E-state index contributed by atoms with van der Waals surface area (Å²) in [5.74, 6) is -2.40. The molecule has 1 saturated heterocycles. The van der Waals surface area contributed by atoms with Gasteiger partial charge in [-0.25, -0.2) is 4.98 Å². The van der Waals surface area contributed by atoms with E-state index in [9.17, 15) is 35.9 Å². The fourth-order valence-corrected chi connectivity index (χ4v) is 4.65. The fraction of sp³-hybridized carbons (Fsp3) is 0.611. The van der Waals surface area contributed by atoms with E-state index in [-0.39, 0.29) is 61.7 Å². The van der Waals surface area contributed by atoms with E-state index in [1.54, 1.807) is 0 Å². The molecule has 11 heteroatoms. The van der Waals surface area contributed by atoms with Crippen LogP contribution in [0.1, 0.15) is 63.2 Å². The van der Waals surface area contributed by atoms with Crippen LogP contribution in [0.3, 0.4) is 0 Å².